The molecule has 1 aromatic carbocycles. The number of H-pyrrole nitrogens is 1. The zero-order valence-corrected chi connectivity index (χ0v) is 19.5. The van der Waals surface area contributed by atoms with Crippen molar-refractivity contribution < 1.29 is 17.5 Å². The van der Waals surface area contributed by atoms with Gasteiger partial charge in [0.25, 0.3) is 0 Å². The van der Waals surface area contributed by atoms with Crippen LogP contribution in [0.15, 0.2) is 24.5 Å². The third kappa shape index (κ3) is 4.51. The summed E-state index contributed by atoms with van der Waals surface area (Å²) in [7, 11) is -2.89. The molecule has 33 heavy (non-hydrogen) atoms. The number of nitrogens with zero attached hydrogens (tertiary/aromatic N) is 5. The number of anilines is 1. The van der Waals surface area contributed by atoms with Gasteiger partial charge in [0.15, 0.2) is 21.4 Å². The van der Waals surface area contributed by atoms with E-state index in [-0.39, 0.29) is 23.6 Å². The summed E-state index contributed by atoms with van der Waals surface area (Å²) in [5, 5.41) is 7.97. The van der Waals surface area contributed by atoms with Crippen LogP contribution >= 0.6 is 0 Å². The van der Waals surface area contributed by atoms with Gasteiger partial charge in [0.05, 0.1) is 28.8 Å². The van der Waals surface area contributed by atoms with Gasteiger partial charge in [0, 0.05) is 49.7 Å². The molecule has 3 aromatic rings. The number of aromatic amines is 1. The standard InChI is InChI=1S/C22H27FN6O3S/c1-14(2)32-20-9-16-18(10-17(20)23)26-27-22(16)19-11-21(25-13-24-19)29-6-4-28(5-7-29)15-3-8-33(30,31)12-15/h9-11,13-15H,3-8,12H2,1-2H3,(H,26,27). The van der Waals surface area contributed by atoms with E-state index in [2.05, 4.69) is 30.0 Å². The maximum atomic E-state index is 14.3. The minimum atomic E-state index is -2.89. The Balaban J connectivity index is 1.35. The number of sulfone groups is 1. The van der Waals surface area contributed by atoms with Crippen LogP contribution in [0.2, 0.25) is 0 Å². The molecule has 0 amide bonds. The first-order chi connectivity index (χ1) is 15.8. The molecule has 0 bridgehead atoms. The van der Waals surface area contributed by atoms with Crippen molar-refractivity contribution in [3.05, 3.63) is 30.3 Å². The van der Waals surface area contributed by atoms with Gasteiger partial charge in [-0.1, -0.05) is 0 Å². The molecule has 1 unspecified atom stereocenters. The fourth-order valence-electron chi connectivity index (χ4n) is 4.59. The minimum absolute atomic E-state index is 0.121. The predicted molar refractivity (Wildman–Crippen MR) is 124 cm³/mol. The summed E-state index contributed by atoms with van der Waals surface area (Å²) in [5.41, 5.74) is 1.81. The third-order valence-corrected chi connectivity index (χ3v) is 7.99. The lowest BCUT2D eigenvalue weighted by Crippen LogP contribution is -2.51. The largest absolute Gasteiger partial charge is 0.488 e. The van der Waals surface area contributed by atoms with Gasteiger partial charge in [-0.15, -0.1) is 0 Å². The first-order valence-corrected chi connectivity index (χ1v) is 13.0. The van der Waals surface area contributed by atoms with E-state index in [1.54, 1.807) is 6.07 Å². The Labute approximate surface area is 191 Å². The molecule has 5 rings (SSSR count). The average Bonchev–Trinajstić information content (AvgIpc) is 3.36. The molecule has 4 heterocycles. The van der Waals surface area contributed by atoms with Crippen LogP contribution in [0.1, 0.15) is 20.3 Å². The smallest absolute Gasteiger partial charge is 0.167 e. The second-order valence-corrected chi connectivity index (χ2v) is 11.1. The van der Waals surface area contributed by atoms with Crippen LogP contribution in [0.25, 0.3) is 22.3 Å². The quantitative estimate of drug-likeness (QED) is 0.601. The molecule has 0 saturated carbocycles. The Bertz CT molecular complexity index is 1270. The number of hydrogen-bond donors (Lipinski definition) is 1. The van der Waals surface area contributed by atoms with Crippen molar-refractivity contribution in [3.63, 3.8) is 0 Å². The normalized spacial score (nSPS) is 21.2. The Kier molecular flexibility index (Phi) is 5.69. The van der Waals surface area contributed by atoms with E-state index in [9.17, 15) is 12.8 Å². The van der Waals surface area contributed by atoms with Crippen molar-refractivity contribution in [2.75, 3.05) is 42.6 Å². The molecule has 2 aliphatic heterocycles. The van der Waals surface area contributed by atoms with Crippen molar-refractivity contribution in [3.8, 4) is 17.1 Å². The summed E-state index contributed by atoms with van der Waals surface area (Å²) in [6.07, 6.45) is 2.08. The summed E-state index contributed by atoms with van der Waals surface area (Å²) in [4.78, 5) is 13.3. The molecule has 1 atom stereocenters. The highest BCUT2D eigenvalue weighted by Gasteiger charge is 2.34. The molecule has 2 fully saturated rings. The number of ether oxygens (including phenoxy) is 1. The van der Waals surface area contributed by atoms with Crippen LogP contribution in [-0.2, 0) is 9.84 Å². The number of piperazine rings is 1. The number of hydrogen-bond acceptors (Lipinski definition) is 8. The number of aromatic nitrogens is 4. The Morgan fingerprint density at radius 1 is 1.15 bits per heavy atom. The van der Waals surface area contributed by atoms with E-state index in [1.165, 1.54) is 12.4 Å². The number of nitrogens with one attached hydrogen (secondary N) is 1. The molecule has 11 heteroatoms. The summed E-state index contributed by atoms with van der Waals surface area (Å²) in [6.45, 7) is 6.79. The van der Waals surface area contributed by atoms with Crippen molar-refractivity contribution in [1.29, 1.82) is 0 Å². The van der Waals surface area contributed by atoms with Crippen LogP contribution in [0.5, 0.6) is 5.75 Å². The van der Waals surface area contributed by atoms with Crippen molar-refractivity contribution >= 4 is 26.6 Å². The topological polar surface area (TPSA) is 104 Å². The maximum Gasteiger partial charge on any atom is 0.167 e. The first kappa shape index (κ1) is 22.0. The molecule has 0 aliphatic carbocycles. The molecule has 176 valence electrons. The fraction of sp³-hybridized carbons (Fsp3) is 0.500. The molecule has 9 nitrogen and oxygen atoms in total. The second kappa shape index (κ2) is 8.53. The van der Waals surface area contributed by atoms with Gasteiger partial charge in [-0.05, 0) is 26.3 Å². The van der Waals surface area contributed by atoms with Gasteiger partial charge in [0.1, 0.15) is 17.8 Å². The van der Waals surface area contributed by atoms with Gasteiger partial charge < -0.3 is 9.64 Å². The van der Waals surface area contributed by atoms with Crippen LogP contribution in [0, 0.1) is 5.82 Å². The van der Waals surface area contributed by atoms with Gasteiger partial charge in [-0.25, -0.2) is 22.8 Å². The van der Waals surface area contributed by atoms with Crippen LogP contribution < -0.4 is 9.64 Å². The summed E-state index contributed by atoms with van der Waals surface area (Å²) >= 11 is 0. The average molecular weight is 475 g/mol. The molecule has 0 spiro atoms. The number of benzene rings is 1. The lowest BCUT2D eigenvalue weighted by molar-refractivity contribution is 0.200. The third-order valence-electron chi connectivity index (χ3n) is 6.24. The van der Waals surface area contributed by atoms with E-state index < -0.39 is 15.7 Å². The summed E-state index contributed by atoms with van der Waals surface area (Å²) < 4.78 is 43.6. The van der Waals surface area contributed by atoms with Gasteiger partial charge in [-0.3, -0.25) is 10.00 Å². The Morgan fingerprint density at radius 3 is 2.64 bits per heavy atom. The molecular weight excluding hydrogens is 447 g/mol. The second-order valence-electron chi connectivity index (χ2n) is 8.91. The SMILES string of the molecule is CC(C)Oc1cc2c(-c3cc(N4CCN(C5CCS(=O)(=O)C5)CC4)ncn3)n[nH]c2cc1F. The molecule has 2 saturated heterocycles. The summed E-state index contributed by atoms with van der Waals surface area (Å²) in [5.74, 6) is 1.08. The predicted octanol–water partition coefficient (Wildman–Crippen LogP) is 2.26. The van der Waals surface area contributed by atoms with Crippen LogP contribution in [-0.4, -0.2) is 83.3 Å². The Hall–Kier alpha value is -2.79. The van der Waals surface area contributed by atoms with Crippen LogP contribution in [0.4, 0.5) is 10.2 Å². The monoisotopic (exact) mass is 474 g/mol. The Morgan fingerprint density at radius 2 is 1.94 bits per heavy atom. The minimum Gasteiger partial charge on any atom is -0.488 e. The van der Waals surface area contributed by atoms with Crippen molar-refractivity contribution in [2.24, 2.45) is 0 Å². The molecule has 2 aromatic heterocycles. The lowest BCUT2D eigenvalue weighted by Gasteiger charge is -2.38. The molecule has 1 N–H and O–H groups in total. The fourth-order valence-corrected chi connectivity index (χ4v) is 6.35. The van der Waals surface area contributed by atoms with Crippen LogP contribution in [0.3, 0.4) is 0 Å². The van der Waals surface area contributed by atoms with Crippen molar-refractivity contribution in [1.82, 2.24) is 25.1 Å². The van der Waals surface area contributed by atoms with Gasteiger partial charge in [-0.2, -0.15) is 5.10 Å². The number of rotatable bonds is 5. The lowest BCUT2D eigenvalue weighted by atomic mass is 10.1. The highest BCUT2D eigenvalue weighted by atomic mass is 32.2. The van der Waals surface area contributed by atoms with E-state index >= 15 is 0 Å². The van der Waals surface area contributed by atoms with Crippen molar-refractivity contribution in [2.45, 2.75) is 32.4 Å². The zero-order valence-electron chi connectivity index (χ0n) is 18.7. The van der Waals surface area contributed by atoms with Gasteiger partial charge >= 0.3 is 0 Å². The molecule has 2 aliphatic rings. The highest BCUT2D eigenvalue weighted by molar-refractivity contribution is 7.91. The zero-order chi connectivity index (χ0) is 23.2. The summed E-state index contributed by atoms with van der Waals surface area (Å²) in [6, 6.07) is 5.04. The molecule has 0 radical (unpaired) electrons. The van der Waals surface area contributed by atoms with E-state index in [1.807, 2.05) is 19.9 Å². The maximum absolute atomic E-state index is 14.3. The number of halogens is 1. The van der Waals surface area contributed by atoms with Gasteiger partial charge in [0.2, 0.25) is 0 Å². The van der Waals surface area contributed by atoms with E-state index in [0.717, 1.165) is 43.8 Å². The van der Waals surface area contributed by atoms with E-state index in [4.69, 9.17) is 4.74 Å². The van der Waals surface area contributed by atoms with E-state index in [0.29, 0.717) is 22.7 Å². The first-order valence-electron chi connectivity index (χ1n) is 11.2. The molecular formula is C22H27FN6O3S. The number of fused-ring (bicyclic) bond motifs is 1. The highest BCUT2D eigenvalue weighted by Crippen LogP contribution is 2.32.